The lowest BCUT2D eigenvalue weighted by Gasteiger charge is -2.21. The van der Waals surface area contributed by atoms with Gasteiger partial charge >= 0.3 is 0 Å². The molecule has 0 aliphatic carbocycles. The molecule has 4 aliphatic rings. The SMILES string of the molecule is COc1cc2c(cc1OCCCOc1cc3c(cc1OC)C(=O)N1CCC[C@H]1CN3)N=C[C@@H]1CCCN1C2=O. The molecule has 0 aromatic heterocycles. The normalized spacial score (nSPS) is 21.3. The second-order valence-corrected chi connectivity index (χ2v) is 10.3. The van der Waals surface area contributed by atoms with E-state index in [9.17, 15) is 9.59 Å². The van der Waals surface area contributed by atoms with E-state index >= 15 is 0 Å². The van der Waals surface area contributed by atoms with Crippen LogP contribution in [0.25, 0.3) is 0 Å². The van der Waals surface area contributed by atoms with Crippen LogP contribution in [-0.4, -0.2) is 87.0 Å². The molecular weight excluding hydrogens is 500 g/mol. The maximum Gasteiger partial charge on any atom is 0.256 e. The Labute approximate surface area is 227 Å². The molecule has 2 fully saturated rings. The van der Waals surface area contributed by atoms with Crippen LogP contribution < -0.4 is 24.3 Å². The van der Waals surface area contributed by atoms with Crippen LogP contribution in [0.15, 0.2) is 29.3 Å². The van der Waals surface area contributed by atoms with Crippen molar-refractivity contribution in [2.45, 2.75) is 44.2 Å². The van der Waals surface area contributed by atoms with Crippen molar-refractivity contribution in [2.24, 2.45) is 4.99 Å². The fraction of sp³-hybridized carbons (Fsp3) is 0.483. The number of fused-ring (bicyclic) bond motifs is 4. The van der Waals surface area contributed by atoms with Gasteiger partial charge in [0.2, 0.25) is 0 Å². The van der Waals surface area contributed by atoms with Crippen molar-refractivity contribution in [3.05, 3.63) is 35.4 Å². The van der Waals surface area contributed by atoms with Gasteiger partial charge in [-0.3, -0.25) is 14.6 Å². The van der Waals surface area contributed by atoms with Crippen molar-refractivity contribution < 1.29 is 28.5 Å². The van der Waals surface area contributed by atoms with E-state index in [1.807, 2.05) is 22.1 Å². The summed E-state index contributed by atoms with van der Waals surface area (Å²) in [5.41, 5.74) is 2.51. The molecule has 0 radical (unpaired) electrons. The van der Waals surface area contributed by atoms with E-state index in [1.165, 1.54) is 0 Å². The average Bonchev–Trinajstić information content (AvgIpc) is 3.58. The third-order valence-corrected chi connectivity index (χ3v) is 7.96. The minimum absolute atomic E-state index is 0.0189. The van der Waals surface area contributed by atoms with Crippen LogP contribution in [0.5, 0.6) is 23.0 Å². The van der Waals surface area contributed by atoms with Crippen molar-refractivity contribution in [2.75, 3.05) is 52.4 Å². The van der Waals surface area contributed by atoms with Crippen molar-refractivity contribution in [1.82, 2.24) is 9.80 Å². The second-order valence-electron chi connectivity index (χ2n) is 10.3. The highest BCUT2D eigenvalue weighted by molar-refractivity contribution is 6.03. The molecule has 1 N–H and O–H groups in total. The summed E-state index contributed by atoms with van der Waals surface area (Å²) in [5, 5.41) is 3.42. The average molecular weight is 535 g/mol. The van der Waals surface area contributed by atoms with Gasteiger partial charge in [0.15, 0.2) is 23.0 Å². The first-order valence-corrected chi connectivity index (χ1v) is 13.7. The number of nitrogens with zero attached hydrogens (tertiary/aromatic N) is 3. The van der Waals surface area contributed by atoms with E-state index in [0.717, 1.165) is 51.0 Å². The molecule has 0 spiro atoms. The largest absolute Gasteiger partial charge is 0.493 e. The molecule has 206 valence electrons. The standard InChI is InChI=1S/C29H34N4O6/c1-36-24-12-20-22(30-16-18-6-3-8-32(18)28(20)34)14-26(24)38-10-5-11-39-27-15-23-21(13-25(27)37-2)29(35)33-9-4-7-19(33)17-31-23/h12-16,18-19,31H,3-11,17H2,1-2H3/t18-,19-/m0/s1. The number of nitrogens with one attached hydrogen (secondary N) is 1. The van der Waals surface area contributed by atoms with Gasteiger partial charge in [-0.25, -0.2) is 0 Å². The number of amides is 2. The predicted octanol–water partition coefficient (Wildman–Crippen LogP) is 3.90. The van der Waals surface area contributed by atoms with Crippen LogP contribution >= 0.6 is 0 Å². The summed E-state index contributed by atoms with van der Waals surface area (Å²) in [5.74, 6) is 2.16. The number of ether oxygens (including phenoxy) is 4. The molecule has 2 aromatic carbocycles. The topological polar surface area (TPSA) is 102 Å². The number of anilines is 1. The number of hydrogen-bond donors (Lipinski definition) is 1. The molecule has 6 rings (SSSR count). The van der Waals surface area contributed by atoms with E-state index in [1.54, 1.807) is 32.4 Å². The Hall–Kier alpha value is -3.95. The smallest absolute Gasteiger partial charge is 0.256 e. The summed E-state index contributed by atoms with van der Waals surface area (Å²) >= 11 is 0. The Morgan fingerprint density at radius 2 is 1.51 bits per heavy atom. The summed E-state index contributed by atoms with van der Waals surface area (Å²) in [6.45, 7) is 3.04. The Kier molecular flexibility index (Phi) is 6.93. The lowest BCUT2D eigenvalue weighted by atomic mass is 10.1. The summed E-state index contributed by atoms with van der Waals surface area (Å²) in [7, 11) is 3.14. The quantitative estimate of drug-likeness (QED) is 0.513. The fourth-order valence-corrected chi connectivity index (χ4v) is 5.90. The first-order chi connectivity index (χ1) is 19.1. The summed E-state index contributed by atoms with van der Waals surface area (Å²) < 4.78 is 23.2. The van der Waals surface area contributed by atoms with Crippen molar-refractivity contribution in [3.63, 3.8) is 0 Å². The van der Waals surface area contributed by atoms with Crippen LogP contribution in [0.1, 0.15) is 52.8 Å². The van der Waals surface area contributed by atoms with Gasteiger partial charge in [-0.2, -0.15) is 0 Å². The number of benzene rings is 2. The minimum Gasteiger partial charge on any atom is -0.493 e. The summed E-state index contributed by atoms with van der Waals surface area (Å²) in [6, 6.07) is 7.39. The van der Waals surface area contributed by atoms with Gasteiger partial charge in [0.05, 0.1) is 56.0 Å². The maximum atomic E-state index is 13.1. The van der Waals surface area contributed by atoms with Crippen LogP contribution in [0.3, 0.4) is 0 Å². The van der Waals surface area contributed by atoms with Gasteiger partial charge in [0.25, 0.3) is 11.8 Å². The molecule has 4 heterocycles. The maximum absolute atomic E-state index is 13.1. The van der Waals surface area contributed by atoms with Crippen molar-refractivity contribution in [3.8, 4) is 23.0 Å². The molecular formula is C29H34N4O6. The Bertz CT molecular complexity index is 1310. The molecule has 39 heavy (non-hydrogen) atoms. The highest BCUT2D eigenvalue weighted by Gasteiger charge is 2.34. The second kappa shape index (κ2) is 10.7. The van der Waals surface area contributed by atoms with Gasteiger partial charge in [0.1, 0.15) is 0 Å². The van der Waals surface area contributed by atoms with Crippen molar-refractivity contribution in [1.29, 1.82) is 0 Å². The van der Waals surface area contributed by atoms with Gasteiger partial charge in [0, 0.05) is 50.4 Å². The molecule has 0 bridgehead atoms. The van der Waals surface area contributed by atoms with E-state index < -0.39 is 0 Å². The number of rotatable bonds is 8. The van der Waals surface area contributed by atoms with E-state index in [0.29, 0.717) is 59.4 Å². The highest BCUT2D eigenvalue weighted by atomic mass is 16.5. The first kappa shape index (κ1) is 25.3. The van der Waals surface area contributed by atoms with E-state index in [2.05, 4.69) is 10.3 Å². The predicted molar refractivity (Wildman–Crippen MR) is 146 cm³/mol. The molecule has 0 unspecified atom stereocenters. The number of methoxy groups -OCH3 is 2. The highest BCUT2D eigenvalue weighted by Crippen LogP contribution is 2.39. The van der Waals surface area contributed by atoms with E-state index in [-0.39, 0.29) is 23.9 Å². The lowest BCUT2D eigenvalue weighted by molar-refractivity contribution is 0.0747. The molecule has 2 atom stereocenters. The molecule has 2 saturated heterocycles. The van der Waals surface area contributed by atoms with E-state index in [4.69, 9.17) is 18.9 Å². The van der Waals surface area contributed by atoms with Crippen LogP contribution in [-0.2, 0) is 0 Å². The lowest BCUT2D eigenvalue weighted by Crippen LogP contribution is -2.36. The zero-order valence-electron chi connectivity index (χ0n) is 22.4. The van der Waals surface area contributed by atoms with Crippen LogP contribution in [0.2, 0.25) is 0 Å². The van der Waals surface area contributed by atoms with Gasteiger partial charge in [-0.15, -0.1) is 0 Å². The first-order valence-electron chi connectivity index (χ1n) is 13.7. The zero-order valence-corrected chi connectivity index (χ0v) is 22.4. The van der Waals surface area contributed by atoms with Crippen molar-refractivity contribution >= 4 is 29.4 Å². The summed E-state index contributed by atoms with van der Waals surface area (Å²) in [6.07, 6.45) is 6.44. The molecule has 0 saturated carbocycles. The number of aliphatic imine (C=N–C) groups is 1. The van der Waals surface area contributed by atoms with Crippen LogP contribution in [0, 0.1) is 0 Å². The van der Waals surface area contributed by atoms with Gasteiger partial charge in [-0.1, -0.05) is 0 Å². The molecule has 4 aliphatic heterocycles. The molecule has 2 aromatic rings. The summed E-state index contributed by atoms with van der Waals surface area (Å²) in [4.78, 5) is 34.6. The zero-order chi connectivity index (χ0) is 26.9. The minimum atomic E-state index is -0.0189. The third-order valence-electron chi connectivity index (χ3n) is 7.96. The Morgan fingerprint density at radius 1 is 0.846 bits per heavy atom. The number of hydrogen-bond acceptors (Lipinski definition) is 8. The molecule has 2 amide bonds. The van der Waals surface area contributed by atoms with Gasteiger partial charge in [-0.05, 0) is 37.8 Å². The van der Waals surface area contributed by atoms with Gasteiger partial charge < -0.3 is 34.1 Å². The third kappa shape index (κ3) is 4.72. The van der Waals surface area contributed by atoms with Crippen LogP contribution in [0.4, 0.5) is 11.4 Å². The monoisotopic (exact) mass is 534 g/mol. The Morgan fingerprint density at radius 3 is 2.28 bits per heavy atom. The molecule has 10 heteroatoms. The molecule has 10 nitrogen and oxygen atoms in total. The number of carbonyl (C=O) groups is 2. The Balaban J connectivity index is 1.10. The number of carbonyl (C=O) groups excluding carboxylic acids is 2. The fourth-order valence-electron chi connectivity index (χ4n) is 5.90.